The van der Waals surface area contributed by atoms with E-state index in [9.17, 15) is 4.79 Å². The van der Waals surface area contributed by atoms with Crippen molar-refractivity contribution >= 4 is 5.78 Å². The zero-order valence-electron chi connectivity index (χ0n) is 9.29. The third-order valence-corrected chi connectivity index (χ3v) is 4.92. The number of hydrogen-bond donors (Lipinski definition) is 0. The second-order valence-electron chi connectivity index (χ2n) is 5.40. The quantitative estimate of drug-likeness (QED) is 0.513. The fourth-order valence-corrected chi connectivity index (χ4v) is 4.17. The van der Waals surface area contributed by atoms with E-state index in [2.05, 4.69) is 13.5 Å². The van der Waals surface area contributed by atoms with Crippen LogP contribution in [0.15, 0.2) is 12.7 Å². The van der Waals surface area contributed by atoms with Crippen LogP contribution >= 0.6 is 0 Å². The van der Waals surface area contributed by atoms with Gasteiger partial charge in [-0.3, -0.25) is 4.79 Å². The van der Waals surface area contributed by atoms with Gasteiger partial charge < -0.3 is 4.74 Å². The van der Waals surface area contributed by atoms with Crippen LogP contribution < -0.4 is 0 Å². The summed E-state index contributed by atoms with van der Waals surface area (Å²) in [4.78, 5) is 12.1. The van der Waals surface area contributed by atoms with Gasteiger partial charge in [-0.15, -0.1) is 6.58 Å². The lowest BCUT2D eigenvalue weighted by atomic mass is 9.61. The van der Waals surface area contributed by atoms with Crippen LogP contribution in [0.5, 0.6) is 0 Å². The van der Waals surface area contributed by atoms with Crippen molar-refractivity contribution < 1.29 is 9.53 Å². The highest BCUT2D eigenvalue weighted by Gasteiger charge is 2.78. The molecule has 1 aliphatic heterocycles. The minimum absolute atomic E-state index is 0.0920. The maximum absolute atomic E-state index is 12.1. The zero-order valence-corrected chi connectivity index (χ0v) is 9.29. The van der Waals surface area contributed by atoms with Crippen LogP contribution in [0.4, 0.5) is 0 Å². The average Bonchev–Trinajstić information content (AvgIpc) is 2.84. The molecule has 2 heteroatoms. The summed E-state index contributed by atoms with van der Waals surface area (Å²) in [5, 5.41) is 0. The molecule has 0 unspecified atom stereocenters. The highest BCUT2D eigenvalue weighted by Crippen LogP contribution is 2.69. The van der Waals surface area contributed by atoms with Crippen molar-refractivity contribution in [3.63, 3.8) is 0 Å². The van der Waals surface area contributed by atoms with E-state index >= 15 is 0 Å². The summed E-state index contributed by atoms with van der Waals surface area (Å²) in [6, 6.07) is 0. The zero-order chi connectivity index (χ0) is 10.7. The Labute approximate surface area is 90.7 Å². The minimum atomic E-state index is -0.376. The number of carbonyl (C=O) groups is 1. The Kier molecular flexibility index (Phi) is 1.75. The molecule has 0 aromatic heterocycles. The Morgan fingerprint density at radius 2 is 2.47 bits per heavy atom. The largest absolute Gasteiger partial charge is 0.357 e. The summed E-state index contributed by atoms with van der Waals surface area (Å²) in [7, 11) is 0. The van der Waals surface area contributed by atoms with Crippen LogP contribution in [-0.4, -0.2) is 17.5 Å². The fourth-order valence-electron chi connectivity index (χ4n) is 4.17. The monoisotopic (exact) mass is 206 g/mol. The van der Waals surface area contributed by atoms with Gasteiger partial charge >= 0.3 is 0 Å². The maximum Gasteiger partial charge on any atom is 0.167 e. The first-order chi connectivity index (χ1) is 7.17. The summed E-state index contributed by atoms with van der Waals surface area (Å²) < 4.78 is 5.79. The van der Waals surface area contributed by atoms with E-state index in [0.717, 1.165) is 32.1 Å². The Balaban J connectivity index is 2.05. The molecule has 2 aliphatic carbocycles. The first kappa shape index (κ1) is 9.59. The summed E-state index contributed by atoms with van der Waals surface area (Å²) in [6.45, 7) is 6.13. The Morgan fingerprint density at radius 3 is 3.20 bits per heavy atom. The molecule has 1 heterocycles. The van der Waals surface area contributed by atoms with Crippen LogP contribution in [0, 0.1) is 11.3 Å². The van der Waals surface area contributed by atoms with E-state index in [1.165, 1.54) is 0 Å². The molecule has 82 valence electrons. The average molecular weight is 206 g/mol. The lowest BCUT2D eigenvalue weighted by Gasteiger charge is -2.42. The van der Waals surface area contributed by atoms with Crippen molar-refractivity contribution in [2.45, 2.75) is 50.7 Å². The van der Waals surface area contributed by atoms with Crippen molar-refractivity contribution in [1.29, 1.82) is 0 Å². The number of Topliss-reactive ketones (excluding diaryl/α,β-unsaturated/α-hetero) is 1. The third-order valence-electron chi connectivity index (χ3n) is 4.92. The van der Waals surface area contributed by atoms with E-state index in [1.807, 2.05) is 6.08 Å². The number of hydrogen-bond acceptors (Lipinski definition) is 2. The Hall–Kier alpha value is -0.630. The second-order valence-corrected chi connectivity index (χ2v) is 5.40. The molecule has 0 aromatic rings. The smallest absolute Gasteiger partial charge is 0.167 e. The predicted molar refractivity (Wildman–Crippen MR) is 57.5 cm³/mol. The van der Waals surface area contributed by atoms with E-state index in [4.69, 9.17) is 4.74 Å². The molecule has 0 amide bonds. The molecule has 15 heavy (non-hydrogen) atoms. The van der Waals surface area contributed by atoms with Crippen LogP contribution in [0.1, 0.15) is 39.0 Å². The van der Waals surface area contributed by atoms with Crippen LogP contribution in [0.3, 0.4) is 0 Å². The summed E-state index contributed by atoms with van der Waals surface area (Å²) in [6.07, 6.45) is 7.12. The number of allylic oxidation sites excluding steroid dienone is 1. The SMILES string of the molecule is C=CC[C@]12CCCC(=O)[C@]13O[C@@H]3C[C@H]2C. The fraction of sp³-hybridized carbons (Fsp3) is 0.769. The minimum Gasteiger partial charge on any atom is -0.357 e. The molecule has 3 fully saturated rings. The van der Waals surface area contributed by atoms with Gasteiger partial charge in [0.25, 0.3) is 0 Å². The van der Waals surface area contributed by atoms with Crippen molar-refractivity contribution in [3.8, 4) is 0 Å². The van der Waals surface area contributed by atoms with Crippen LogP contribution in [-0.2, 0) is 9.53 Å². The van der Waals surface area contributed by atoms with Gasteiger partial charge in [0.15, 0.2) is 11.4 Å². The third kappa shape index (κ3) is 0.878. The standard InChI is InChI=1S/C13H18O2/c1-3-6-12-7-4-5-10(14)13(12)11(15-13)8-9(12)2/h3,9,11H,1,4-8H2,2H3/t9-,11-,12-,13-/m1/s1. The first-order valence-electron chi connectivity index (χ1n) is 5.99. The number of ether oxygens (including phenoxy) is 1. The van der Waals surface area contributed by atoms with E-state index < -0.39 is 0 Å². The molecule has 3 aliphatic rings. The molecule has 1 saturated heterocycles. The Morgan fingerprint density at radius 1 is 1.67 bits per heavy atom. The number of ketones is 1. The molecule has 0 N–H and O–H groups in total. The topological polar surface area (TPSA) is 29.6 Å². The van der Waals surface area contributed by atoms with Crippen LogP contribution in [0.2, 0.25) is 0 Å². The molecule has 4 atom stereocenters. The molecule has 2 nitrogen and oxygen atoms in total. The van der Waals surface area contributed by atoms with Gasteiger partial charge in [-0.05, 0) is 31.6 Å². The second kappa shape index (κ2) is 2.73. The highest BCUT2D eigenvalue weighted by atomic mass is 16.6. The van der Waals surface area contributed by atoms with Gasteiger partial charge in [0.1, 0.15) is 0 Å². The molecule has 0 bridgehead atoms. The number of epoxide rings is 1. The van der Waals surface area contributed by atoms with Crippen LogP contribution in [0.25, 0.3) is 0 Å². The molecular weight excluding hydrogens is 188 g/mol. The normalized spacial score (nSPS) is 52.2. The van der Waals surface area contributed by atoms with Gasteiger partial charge in [0, 0.05) is 11.8 Å². The first-order valence-corrected chi connectivity index (χ1v) is 5.99. The summed E-state index contributed by atoms with van der Waals surface area (Å²) in [5.41, 5.74) is -0.284. The highest BCUT2D eigenvalue weighted by molar-refractivity contribution is 5.93. The predicted octanol–water partition coefficient (Wildman–Crippen LogP) is 2.48. The van der Waals surface area contributed by atoms with E-state index in [-0.39, 0.29) is 17.1 Å². The summed E-state index contributed by atoms with van der Waals surface area (Å²) in [5.74, 6) is 0.975. The lowest BCUT2D eigenvalue weighted by Crippen LogP contribution is -2.48. The molecule has 0 aromatic carbocycles. The molecule has 2 saturated carbocycles. The van der Waals surface area contributed by atoms with Gasteiger partial charge in [0.05, 0.1) is 6.10 Å². The summed E-state index contributed by atoms with van der Waals surface area (Å²) >= 11 is 0. The van der Waals surface area contributed by atoms with Gasteiger partial charge in [-0.2, -0.15) is 0 Å². The lowest BCUT2D eigenvalue weighted by molar-refractivity contribution is -0.135. The number of carbonyl (C=O) groups excluding carboxylic acids is 1. The van der Waals surface area contributed by atoms with Crippen molar-refractivity contribution in [2.75, 3.05) is 0 Å². The van der Waals surface area contributed by atoms with Gasteiger partial charge in [0.2, 0.25) is 0 Å². The van der Waals surface area contributed by atoms with Gasteiger partial charge in [-0.1, -0.05) is 13.0 Å². The van der Waals surface area contributed by atoms with Gasteiger partial charge in [-0.25, -0.2) is 0 Å². The maximum atomic E-state index is 12.1. The molecular formula is C13H18O2. The Bertz CT molecular complexity index is 335. The van der Waals surface area contributed by atoms with Crippen molar-refractivity contribution in [2.24, 2.45) is 11.3 Å². The molecule has 1 spiro atoms. The van der Waals surface area contributed by atoms with Crippen molar-refractivity contribution in [1.82, 2.24) is 0 Å². The van der Waals surface area contributed by atoms with Crippen molar-refractivity contribution in [3.05, 3.63) is 12.7 Å². The molecule has 0 radical (unpaired) electrons. The molecule has 3 rings (SSSR count). The van der Waals surface area contributed by atoms with E-state index in [1.54, 1.807) is 0 Å². The number of rotatable bonds is 2. The van der Waals surface area contributed by atoms with E-state index in [0.29, 0.717) is 11.7 Å².